The average Bonchev–Trinajstić information content (AvgIpc) is 3.24. The largest absolute Gasteiger partial charge is 0.508 e. The number of phenols is 1. The monoisotopic (exact) mass is 418 g/mol. The zero-order chi connectivity index (χ0) is 19.4. The molecule has 27 heavy (non-hydrogen) atoms. The first kappa shape index (κ1) is 19.6. The van der Waals surface area contributed by atoms with E-state index in [0.29, 0.717) is 22.2 Å². The minimum Gasteiger partial charge on any atom is -0.508 e. The number of amides is 2. The van der Waals surface area contributed by atoms with Gasteiger partial charge >= 0.3 is 0 Å². The Labute approximate surface area is 171 Å². The van der Waals surface area contributed by atoms with Crippen molar-refractivity contribution in [2.24, 2.45) is 0 Å². The molecule has 1 aromatic heterocycles. The van der Waals surface area contributed by atoms with Gasteiger partial charge in [0.2, 0.25) is 5.91 Å². The number of nitrogens with one attached hydrogen (secondary N) is 1. The third-order valence-electron chi connectivity index (χ3n) is 4.06. The number of benzene rings is 1. The summed E-state index contributed by atoms with van der Waals surface area (Å²) >= 11 is 8.07. The number of thioether (sulfide) groups is 1. The maximum Gasteiger partial charge on any atom is 0.266 e. The van der Waals surface area contributed by atoms with Crippen molar-refractivity contribution in [1.29, 1.82) is 0 Å². The number of rotatable bonds is 6. The molecule has 1 fully saturated rings. The zero-order valence-corrected chi connectivity index (χ0v) is 17.0. The van der Waals surface area contributed by atoms with Crippen molar-refractivity contribution in [2.75, 3.05) is 6.54 Å². The third kappa shape index (κ3) is 4.77. The molecule has 0 radical (unpaired) electrons. The number of carbonyl (C=O) groups is 2. The van der Waals surface area contributed by atoms with E-state index in [0.717, 1.165) is 10.4 Å². The van der Waals surface area contributed by atoms with Gasteiger partial charge in [0.05, 0.1) is 4.91 Å². The van der Waals surface area contributed by atoms with Crippen LogP contribution in [0.5, 0.6) is 5.75 Å². The van der Waals surface area contributed by atoms with Gasteiger partial charge < -0.3 is 10.4 Å². The number of thiocarbonyl (C=S) groups is 1. The number of thiophene rings is 1. The fraction of sp³-hybridized carbons (Fsp3) is 0.211. The van der Waals surface area contributed by atoms with E-state index in [-0.39, 0.29) is 17.6 Å². The first-order valence-electron chi connectivity index (χ1n) is 8.32. The molecule has 2 heterocycles. The predicted octanol–water partition coefficient (Wildman–Crippen LogP) is 3.40. The smallest absolute Gasteiger partial charge is 0.266 e. The predicted molar refractivity (Wildman–Crippen MR) is 114 cm³/mol. The average molecular weight is 419 g/mol. The summed E-state index contributed by atoms with van der Waals surface area (Å²) in [5.41, 5.74) is 1.00. The molecule has 1 aliphatic heterocycles. The molecule has 0 spiro atoms. The SMILES string of the molecule is C[C@H](C(=O)NCCc1ccc(O)cc1)N1C(=O)/C(=C\c2cccs2)SC1=S. The van der Waals surface area contributed by atoms with Crippen molar-refractivity contribution in [3.63, 3.8) is 0 Å². The van der Waals surface area contributed by atoms with Crippen LogP contribution in [0.1, 0.15) is 17.4 Å². The Bertz CT molecular complexity index is 876. The summed E-state index contributed by atoms with van der Waals surface area (Å²) in [7, 11) is 0. The summed E-state index contributed by atoms with van der Waals surface area (Å²) in [4.78, 5) is 28.0. The van der Waals surface area contributed by atoms with E-state index in [1.165, 1.54) is 16.7 Å². The number of hydrogen-bond acceptors (Lipinski definition) is 6. The minimum atomic E-state index is -0.674. The lowest BCUT2D eigenvalue weighted by molar-refractivity contribution is -0.132. The lowest BCUT2D eigenvalue weighted by Crippen LogP contribution is -2.47. The molecular weight excluding hydrogens is 400 g/mol. The lowest BCUT2D eigenvalue weighted by atomic mass is 10.1. The van der Waals surface area contributed by atoms with Crippen LogP contribution in [0.15, 0.2) is 46.7 Å². The standard InChI is InChI=1S/C19H18N2O3S3/c1-12(17(23)20-9-8-13-4-6-14(22)7-5-13)21-18(24)16(27-19(21)25)11-15-3-2-10-26-15/h2-7,10-12,22H,8-9H2,1H3,(H,20,23)/b16-11+/t12-/m1/s1. The summed E-state index contributed by atoms with van der Waals surface area (Å²) in [6.07, 6.45) is 2.44. The Morgan fingerprint density at radius 3 is 2.74 bits per heavy atom. The molecule has 2 N–H and O–H groups in total. The zero-order valence-electron chi connectivity index (χ0n) is 14.5. The Hall–Kier alpha value is -2.16. The van der Waals surface area contributed by atoms with Crippen LogP contribution >= 0.6 is 35.3 Å². The van der Waals surface area contributed by atoms with Crippen molar-refractivity contribution in [1.82, 2.24) is 10.2 Å². The highest BCUT2D eigenvalue weighted by molar-refractivity contribution is 8.26. The molecule has 1 atom stereocenters. The molecule has 1 aromatic carbocycles. The summed E-state index contributed by atoms with van der Waals surface area (Å²) in [5, 5.41) is 14.1. The molecule has 2 aromatic rings. The molecule has 1 aliphatic rings. The molecule has 140 valence electrons. The molecule has 2 amide bonds. The van der Waals surface area contributed by atoms with Crippen LogP contribution in [0, 0.1) is 0 Å². The van der Waals surface area contributed by atoms with Gasteiger partial charge in [-0.15, -0.1) is 11.3 Å². The number of carbonyl (C=O) groups excluding carboxylic acids is 2. The van der Waals surface area contributed by atoms with Crippen LogP contribution in [0.25, 0.3) is 6.08 Å². The number of aromatic hydroxyl groups is 1. The molecule has 0 saturated carbocycles. The van der Waals surface area contributed by atoms with E-state index in [2.05, 4.69) is 5.32 Å². The van der Waals surface area contributed by atoms with Crippen LogP contribution in [0.3, 0.4) is 0 Å². The Morgan fingerprint density at radius 1 is 1.33 bits per heavy atom. The first-order chi connectivity index (χ1) is 13.0. The minimum absolute atomic E-state index is 0.210. The van der Waals surface area contributed by atoms with Gasteiger partial charge in [0.15, 0.2) is 0 Å². The van der Waals surface area contributed by atoms with Crippen molar-refractivity contribution >= 4 is 57.5 Å². The van der Waals surface area contributed by atoms with Crippen molar-refractivity contribution in [3.8, 4) is 5.75 Å². The van der Waals surface area contributed by atoms with Gasteiger partial charge in [0, 0.05) is 11.4 Å². The van der Waals surface area contributed by atoms with Crippen molar-refractivity contribution in [3.05, 3.63) is 57.1 Å². The van der Waals surface area contributed by atoms with Crippen LogP contribution in [0.2, 0.25) is 0 Å². The first-order valence-corrected chi connectivity index (χ1v) is 10.4. The summed E-state index contributed by atoms with van der Waals surface area (Å²) in [5.74, 6) is -0.275. The second kappa shape index (κ2) is 8.69. The van der Waals surface area contributed by atoms with Gasteiger partial charge in [-0.05, 0) is 48.6 Å². The second-order valence-corrected chi connectivity index (χ2v) is 8.61. The van der Waals surface area contributed by atoms with E-state index in [9.17, 15) is 14.7 Å². The van der Waals surface area contributed by atoms with Gasteiger partial charge in [-0.1, -0.05) is 42.2 Å². The van der Waals surface area contributed by atoms with Gasteiger partial charge in [-0.3, -0.25) is 14.5 Å². The third-order valence-corrected chi connectivity index (χ3v) is 6.21. The molecule has 1 saturated heterocycles. The quantitative estimate of drug-likeness (QED) is 0.556. The topological polar surface area (TPSA) is 69.6 Å². The van der Waals surface area contributed by atoms with E-state index >= 15 is 0 Å². The summed E-state index contributed by atoms with van der Waals surface area (Å²) < 4.78 is 0.393. The molecule has 5 nitrogen and oxygen atoms in total. The molecule has 0 unspecified atom stereocenters. The molecule has 0 bridgehead atoms. The van der Waals surface area contributed by atoms with Crippen LogP contribution in [0.4, 0.5) is 0 Å². The maximum absolute atomic E-state index is 12.7. The van der Waals surface area contributed by atoms with Crippen LogP contribution in [-0.2, 0) is 16.0 Å². The Kier molecular flexibility index (Phi) is 6.30. The number of hydrogen-bond donors (Lipinski definition) is 2. The van der Waals surface area contributed by atoms with E-state index in [1.54, 1.807) is 36.5 Å². The Balaban J connectivity index is 1.58. The van der Waals surface area contributed by atoms with Gasteiger partial charge in [-0.2, -0.15) is 0 Å². The fourth-order valence-electron chi connectivity index (χ4n) is 2.57. The summed E-state index contributed by atoms with van der Waals surface area (Å²) in [6, 6.07) is 10.0. The van der Waals surface area contributed by atoms with Gasteiger partial charge in [-0.25, -0.2) is 0 Å². The van der Waals surface area contributed by atoms with E-state index in [1.807, 2.05) is 29.6 Å². The van der Waals surface area contributed by atoms with Crippen molar-refractivity contribution < 1.29 is 14.7 Å². The molecule has 0 aliphatic carbocycles. The second-order valence-electron chi connectivity index (χ2n) is 5.95. The van der Waals surface area contributed by atoms with Crippen molar-refractivity contribution in [2.45, 2.75) is 19.4 Å². The highest BCUT2D eigenvalue weighted by Crippen LogP contribution is 2.34. The number of nitrogens with zero attached hydrogens (tertiary/aromatic N) is 1. The highest BCUT2D eigenvalue weighted by atomic mass is 32.2. The van der Waals surface area contributed by atoms with E-state index in [4.69, 9.17) is 12.2 Å². The molecular formula is C19H18N2O3S3. The Morgan fingerprint density at radius 2 is 2.07 bits per heavy atom. The molecule has 3 rings (SSSR count). The number of phenolic OH excluding ortho intramolecular Hbond substituents is 1. The fourth-order valence-corrected chi connectivity index (χ4v) is 4.72. The normalized spacial score (nSPS) is 16.8. The highest BCUT2D eigenvalue weighted by Gasteiger charge is 2.38. The van der Waals surface area contributed by atoms with E-state index < -0.39 is 6.04 Å². The van der Waals surface area contributed by atoms with Crippen LogP contribution < -0.4 is 5.32 Å². The lowest BCUT2D eigenvalue weighted by Gasteiger charge is -2.22. The van der Waals surface area contributed by atoms with Gasteiger partial charge in [0.1, 0.15) is 16.1 Å². The summed E-state index contributed by atoms with van der Waals surface area (Å²) in [6.45, 7) is 2.11. The van der Waals surface area contributed by atoms with Gasteiger partial charge in [0.25, 0.3) is 5.91 Å². The molecule has 8 heteroatoms. The van der Waals surface area contributed by atoms with Crippen LogP contribution in [-0.4, -0.2) is 38.7 Å². The maximum atomic E-state index is 12.7.